The van der Waals surface area contributed by atoms with Gasteiger partial charge in [0, 0.05) is 0 Å². The van der Waals surface area contributed by atoms with Gasteiger partial charge in [-0.2, -0.15) is 0 Å². The van der Waals surface area contributed by atoms with E-state index >= 15 is 0 Å². The van der Waals surface area contributed by atoms with E-state index in [2.05, 4.69) is 5.32 Å². The lowest BCUT2D eigenvalue weighted by Gasteiger charge is -2.27. The summed E-state index contributed by atoms with van der Waals surface area (Å²) in [5, 5.41) is 3.02. The van der Waals surface area contributed by atoms with Crippen molar-refractivity contribution >= 4 is 21.6 Å². The third kappa shape index (κ3) is 5.61. The smallest absolute Gasteiger partial charge is 0.264 e. The first kappa shape index (κ1) is 24.2. The van der Waals surface area contributed by atoms with Gasteiger partial charge in [0.15, 0.2) is 0 Å². The molecule has 0 unspecified atom stereocenters. The Morgan fingerprint density at radius 2 is 1.37 bits per heavy atom. The lowest BCUT2D eigenvalue weighted by molar-refractivity contribution is 0.0940. The van der Waals surface area contributed by atoms with Crippen molar-refractivity contribution in [2.45, 2.75) is 31.3 Å². The number of aryl methyl sites for hydroxylation is 1. The van der Waals surface area contributed by atoms with Crippen molar-refractivity contribution in [2.75, 3.05) is 4.31 Å². The number of nitrogens with zero attached hydrogens (tertiary/aromatic N) is 1. The maximum absolute atomic E-state index is 13.8. The van der Waals surface area contributed by atoms with Gasteiger partial charge < -0.3 is 5.32 Å². The average molecular weight is 485 g/mol. The van der Waals surface area contributed by atoms with Gasteiger partial charge in [0.25, 0.3) is 15.9 Å². The van der Waals surface area contributed by atoms with Crippen LogP contribution in [0.15, 0.2) is 114 Å². The highest BCUT2D eigenvalue weighted by atomic mass is 32.2. The molecule has 178 valence electrons. The predicted molar refractivity (Wildman–Crippen MR) is 140 cm³/mol. The van der Waals surface area contributed by atoms with Crippen molar-refractivity contribution < 1.29 is 13.2 Å². The summed E-state index contributed by atoms with van der Waals surface area (Å²) in [7, 11) is -3.94. The number of anilines is 1. The number of hydrogen-bond donors (Lipinski definition) is 1. The number of sulfonamides is 1. The first-order valence-corrected chi connectivity index (χ1v) is 12.9. The molecule has 1 N–H and O–H groups in total. The second-order valence-corrected chi connectivity index (χ2v) is 10.3. The number of nitrogens with one attached hydrogen (secondary N) is 1. The number of hydrogen-bond acceptors (Lipinski definition) is 3. The van der Waals surface area contributed by atoms with Crippen LogP contribution in [-0.2, 0) is 16.6 Å². The molecular formula is C29H28N2O3S. The summed E-state index contributed by atoms with van der Waals surface area (Å²) in [6.07, 6.45) is 0. The number of carbonyl (C=O) groups is 1. The van der Waals surface area contributed by atoms with E-state index < -0.39 is 10.0 Å². The van der Waals surface area contributed by atoms with E-state index in [4.69, 9.17) is 0 Å². The Morgan fingerprint density at radius 1 is 0.800 bits per heavy atom. The van der Waals surface area contributed by atoms with Gasteiger partial charge in [0.05, 0.1) is 28.7 Å². The van der Waals surface area contributed by atoms with E-state index in [0.717, 1.165) is 16.7 Å². The largest absolute Gasteiger partial charge is 0.345 e. The fourth-order valence-corrected chi connectivity index (χ4v) is 5.36. The number of amides is 1. The van der Waals surface area contributed by atoms with Gasteiger partial charge in [0.2, 0.25) is 0 Å². The molecule has 1 amide bonds. The minimum Gasteiger partial charge on any atom is -0.345 e. The normalized spacial score (nSPS) is 12.1. The summed E-state index contributed by atoms with van der Waals surface area (Å²) >= 11 is 0. The molecule has 5 nitrogen and oxygen atoms in total. The van der Waals surface area contributed by atoms with Crippen LogP contribution in [0.25, 0.3) is 0 Å². The van der Waals surface area contributed by atoms with E-state index in [9.17, 15) is 13.2 Å². The van der Waals surface area contributed by atoms with Crippen molar-refractivity contribution in [3.63, 3.8) is 0 Å². The minimum atomic E-state index is -3.94. The molecule has 0 aliphatic rings. The Balaban J connectivity index is 1.73. The predicted octanol–water partition coefficient (Wildman–Crippen LogP) is 5.88. The molecule has 0 heterocycles. The molecule has 0 fully saturated rings. The zero-order valence-electron chi connectivity index (χ0n) is 19.8. The molecule has 4 aromatic rings. The van der Waals surface area contributed by atoms with Crippen LogP contribution in [0.5, 0.6) is 0 Å². The van der Waals surface area contributed by atoms with Crippen molar-refractivity contribution in [3.8, 4) is 0 Å². The standard InChI is InChI=1S/C29H28N2O3S/c1-22-17-19-25(20-18-22)23(2)30-29(32)27-15-9-10-16-28(27)31(21-24-11-5-3-6-12-24)35(33,34)26-13-7-4-8-14-26/h3-20,23H,21H2,1-2H3,(H,30,32)/t23-/m0/s1. The monoisotopic (exact) mass is 484 g/mol. The number of rotatable bonds is 8. The Kier molecular flexibility index (Phi) is 7.32. The molecule has 0 aliphatic heterocycles. The van der Waals surface area contributed by atoms with Crippen LogP contribution < -0.4 is 9.62 Å². The summed E-state index contributed by atoms with van der Waals surface area (Å²) in [6, 6.07) is 32.2. The van der Waals surface area contributed by atoms with E-state index in [1.807, 2.05) is 68.4 Å². The highest BCUT2D eigenvalue weighted by Gasteiger charge is 2.28. The molecule has 0 bridgehead atoms. The van der Waals surface area contributed by atoms with Gasteiger partial charge in [-0.05, 0) is 49.2 Å². The van der Waals surface area contributed by atoms with E-state index in [1.165, 1.54) is 4.31 Å². The Hall–Kier alpha value is -3.90. The van der Waals surface area contributed by atoms with E-state index in [1.54, 1.807) is 54.6 Å². The molecule has 0 aromatic heterocycles. The summed E-state index contributed by atoms with van der Waals surface area (Å²) in [5.74, 6) is -0.338. The fraction of sp³-hybridized carbons (Fsp3) is 0.138. The van der Waals surface area contributed by atoms with Crippen molar-refractivity contribution in [1.82, 2.24) is 5.32 Å². The second-order valence-electron chi connectivity index (χ2n) is 8.43. The SMILES string of the molecule is Cc1ccc([C@H](C)NC(=O)c2ccccc2N(Cc2ccccc2)S(=O)(=O)c2ccccc2)cc1. The van der Waals surface area contributed by atoms with Gasteiger partial charge in [-0.25, -0.2) is 8.42 Å². The highest BCUT2D eigenvalue weighted by Crippen LogP contribution is 2.29. The highest BCUT2D eigenvalue weighted by molar-refractivity contribution is 7.92. The van der Waals surface area contributed by atoms with E-state index in [-0.39, 0.29) is 23.4 Å². The number of benzene rings is 4. The minimum absolute atomic E-state index is 0.0931. The second kappa shape index (κ2) is 10.6. The fourth-order valence-electron chi connectivity index (χ4n) is 3.86. The topological polar surface area (TPSA) is 66.5 Å². The van der Waals surface area contributed by atoms with E-state index in [0.29, 0.717) is 11.3 Å². The van der Waals surface area contributed by atoms with Gasteiger partial charge in [-0.1, -0.05) is 90.5 Å². The Bertz CT molecular complexity index is 1390. The Morgan fingerprint density at radius 3 is 2.03 bits per heavy atom. The molecular weight excluding hydrogens is 456 g/mol. The molecule has 0 saturated carbocycles. The first-order chi connectivity index (χ1) is 16.9. The Labute approximate surface area is 207 Å². The van der Waals surface area contributed by atoms with Crippen LogP contribution >= 0.6 is 0 Å². The lowest BCUT2D eigenvalue weighted by atomic mass is 10.1. The summed E-state index contributed by atoms with van der Waals surface area (Å²) < 4.78 is 28.9. The summed E-state index contributed by atoms with van der Waals surface area (Å²) in [6.45, 7) is 4.02. The number of carbonyl (C=O) groups excluding carboxylic acids is 1. The lowest BCUT2D eigenvalue weighted by Crippen LogP contribution is -2.34. The van der Waals surface area contributed by atoms with Crippen LogP contribution in [0.3, 0.4) is 0 Å². The number of para-hydroxylation sites is 1. The maximum atomic E-state index is 13.8. The van der Waals surface area contributed by atoms with Crippen LogP contribution in [0.4, 0.5) is 5.69 Å². The molecule has 0 spiro atoms. The summed E-state index contributed by atoms with van der Waals surface area (Å²) in [4.78, 5) is 13.6. The molecule has 4 rings (SSSR count). The molecule has 0 radical (unpaired) electrons. The summed E-state index contributed by atoms with van der Waals surface area (Å²) in [5.41, 5.74) is 3.55. The third-order valence-electron chi connectivity index (χ3n) is 5.84. The quantitative estimate of drug-likeness (QED) is 0.340. The van der Waals surface area contributed by atoms with Crippen LogP contribution in [0.2, 0.25) is 0 Å². The van der Waals surface area contributed by atoms with Crippen molar-refractivity contribution in [1.29, 1.82) is 0 Å². The third-order valence-corrected chi connectivity index (χ3v) is 7.62. The molecule has 35 heavy (non-hydrogen) atoms. The van der Waals surface area contributed by atoms with Gasteiger partial charge >= 0.3 is 0 Å². The van der Waals surface area contributed by atoms with Crippen molar-refractivity contribution in [3.05, 3.63) is 131 Å². The zero-order valence-corrected chi connectivity index (χ0v) is 20.6. The molecule has 1 atom stereocenters. The molecule has 0 saturated heterocycles. The van der Waals surface area contributed by atoms with Gasteiger partial charge in [-0.15, -0.1) is 0 Å². The van der Waals surface area contributed by atoms with Crippen LogP contribution in [0.1, 0.15) is 40.0 Å². The van der Waals surface area contributed by atoms with Crippen LogP contribution in [0, 0.1) is 6.92 Å². The van der Waals surface area contributed by atoms with Crippen LogP contribution in [-0.4, -0.2) is 14.3 Å². The maximum Gasteiger partial charge on any atom is 0.264 e. The molecule has 6 heteroatoms. The van der Waals surface area contributed by atoms with Gasteiger partial charge in [0.1, 0.15) is 0 Å². The molecule has 4 aromatic carbocycles. The first-order valence-electron chi connectivity index (χ1n) is 11.4. The van der Waals surface area contributed by atoms with Crippen molar-refractivity contribution in [2.24, 2.45) is 0 Å². The zero-order chi connectivity index (χ0) is 24.8. The van der Waals surface area contributed by atoms with Gasteiger partial charge in [-0.3, -0.25) is 9.10 Å². The average Bonchev–Trinajstić information content (AvgIpc) is 2.88. The molecule has 0 aliphatic carbocycles.